The molecule has 0 fully saturated rings. The Kier molecular flexibility index (Phi) is 6.70. The van der Waals surface area contributed by atoms with Crippen molar-refractivity contribution in [3.63, 3.8) is 0 Å². The molecule has 1 aromatic rings. The van der Waals surface area contributed by atoms with Gasteiger partial charge in [0.1, 0.15) is 5.75 Å². The molecular weight excluding hydrogens is 342 g/mol. The molecule has 1 aromatic carbocycles. The zero-order valence-corrected chi connectivity index (χ0v) is 12.0. The van der Waals surface area contributed by atoms with Crippen LogP contribution in [0.3, 0.4) is 0 Å². The van der Waals surface area contributed by atoms with Gasteiger partial charge in [-0.25, -0.2) is 0 Å². The third-order valence-corrected chi connectivity index (χ3v) is 2.79. The van der Waals surface area contributed by atoms with E-state index in [1.807, 2.05) is 12.1 Å². The van der Waals surface area contributed by atoms with Gasteiger partial charge in [0.25, 0.3) is 0 Å². The van der Waals surface area contributed by atoms with Gasteiger partial charge in [0.05, 0.1) is 18.8 Å². The first-order valence-electron chi connectivity index (χ1n) is 4.44. The molecule has 0 aliphatic heterocycles. The van der Waals surface area contributed by atoms with E-state index in [0.29, 0.717) is 5.75 Å². The second kappa shape index (κ2) is 6.93. The molecule has 0 aliphatic rings. The Morgan fingerprint density at radius 1 is 1.56 bits per heavy atom. The van der Waals surface area contributed by atoms with E-state index >= 15 is 0 Å². The van der Waals surface area contributed by atoms with E-state index in [-0.39, 0.29) is 18.3 Å². The van der Waals surface area contributed by atoms with E-state index < -0.39 is 6.04 Å². The normalized spacial score (nSPS) is 11.2. The number of ether oxygens (including phenoxy) is 1. The minimum Gasteiger partial charge on any atom is -0.497 e. The summed E-state index contributed by atoms with van der Waals surface area (Å²) < 4.78 is 6.01. The number of amides is 1. The van der Waals surface area contributed by atoms with Crippen molar-refractivity contribution in [3.8, 4) is 5.75 Å². The number of carbonyl (C=O) groups is 1. The molecular formula is C10H14ClIN2O2. The fourth-order valence-corrected chi connectivity index (χ4v) is 1.44. The lowest BCUT2D eigenvalue weighted by Gasteiger charge is -2.10. The first-order chi connectivity index (χ1) is 7.04. The van der Waals surface area contributed by atoms with Crippen LogP contribution in [0.15, 0.2) is 18.2 Å². The number of halogens is 2. The maximum atomic E-state index is 11.4. The van der Waals surface area contributed by atoms with Crippen LogP contribution in [0.4, 0.5) is 5.69 Å². The number of benzene rings is 1. The average Bonchev–Trinajstić information content (AvgIpc) is 2.21. The molecule has 90 valence electrons. The van der Waals surface area contributed by atoms with Crippen molar-refractivity contribution in [2.45, 2.75) is 13.0 Å². The Hall–Kier alpha value is -0.530. The van der Waals surface area contributed by atoms with Crippen LogP contribution in [0.1, 0.15) is 6.92 Å². The van der Waals surface area contributed by atoms with Crippen LogP contribution in [0.25, 0.3) is 0 Å². The summed E-state index contributed by atoms with van der Waals surface area (Å²) in [6.45, 7) is 1.64. The maximum Gasteiger partial charge on any atom is 0.241 e. The quantitative estimate of drug-likeness (QED) is 0.814. The molecule has 3 N–H and O–H groups in total. The first kappa shape index (κ1) is 15.5. The molecule has 0 unspecified atom stereocenters. The Labute approximate surface area is 114 Å². The molecule has 0 bridgehead atoms. The van der Waals surface area contributed by atoms with Gasteiger partial charge in [0.2, 0.25) is 5.91 Å². The molecule has 0 radical (unpaired) electrons. The van der Waals surface area contributed by atoms with E-state index in [0.717, 1.165) is 9.26 Å². The van der Waals surface area contributed by atoms with E-state index in [1.54, 1.807) is 20.1 Å². The Morgan fingerprint density at radius 2 is 2.19 bits per heavy atom. The van der Waals surface area contributed by atoms with Crippen molar-refractivity contribution in [1.29, 1.82) is 0 Å². The van der Waals surface area contributed by atoms with Crippen LogP contribution in [0.5, 0.6) is 5.75 Å². The van der Waals surface area contributed by atoms with Crippen molar-refractivity contribution in [2.75, 3.05) is 12.4 Å². The third kappa shape index (κ3) is 4.15. The third-order valence-electron chi connectivity index (χ3n) is 1.84. The molecule has 0 aromatic heterocycles. The predicted octanol–water partition coefficient (Wildman–Crippen LogP) is 2.01. The van der Waals surface area contributed by atoms with Gasteiger partial charge >= 0.3 is 0 Å². The van der Waals surface area contributed by atoms with E-state index in [9.17, 15) is 4.79 Å². The van der Waals surface area contributed by atoms with Crippen LogP contribution in [0, 0.1) is 3.57 Å². The van der Waals surface area contributed by atoms with E-state index in [4.69, 9.17) is 10.5 Å². The minimum atomic E-state index is -0.521. The monoisotopic (exact) mass is 356 g/mol. The summed E-state index contributed by atoms with van der Waals surface area (Å²) in [5, 5.41) is 2.73. The van der Waals surface area contributed by atoms with Gasteiger partial charge in [-0.2, -0.15) is 0 Å². The summed E-state index contributed by atoms with van der Waals surface area (Å²) in [6.07, 6.45) is 0. The summed E-state index contributed by atoms with van der Waals surface area (Å²) in [7, 11) is 1.58. The topological polar surface area (TPSA) is 64.3 Å². The highest BCUT2D eigenvalue weighted by Gasteiger charge is 2.10. The van der Waals surface area contributed by atoms with Gasteiger partial charge < -0.3 is 15.8 Å². The van der Waals surface area contributed by atoms with Gasteiger partial charge in [0.15, 0.2) is 0 Å². The fourth-order valence-electron chi connectivity index (χ4n) is 0.974. The van der Waals surface area contributed by atoms with Crippen LogP contribution >= 0.6 is 35.0 Å². The summed E-state index contributed by atoms with van der Waals surface area (Å²) in [4.78, 5) is 11.4. The number of nitrogens with two attached hydrogens (primary N) is 1. The molecule has 6 heteroatoms. The molecule has 1 amide bonds. The van der Waals surface area contributed by atoms with Crippen LogP contribution in [0.2, 0.25) is 0 Å². The van der Waals surface area contributed by atoms with Crippen molar-refractivity contribution in [1.82, 2.24) is 0 Å². The molecule has 4 nitrogen and oxygen atoms in total. The van der Waals surface area contributed by atoms with E-state index in [2.05, 4.69) is 27.9 Å². The van der Waals surface area contributed by atoms with Crippen molar-refractivity contribution in [2.24, 2.45) is 5.73 Å². The zero-order chi connectivity index (χ0) is 11.4. The Balaban J connectivity index is 0.00000225. The molecule has 0 aliphatic carbocycles. The SMILES string of the molecule is COc1ccc(I)c(NC(=O)[C@@H](C)N)c1.Cl. The van der Waals surface area contributed by atoms with Crippen molar-refractivity contribution < 1.29 is 9.53 Å². The lowest BCUT2D eigenvalue weighted by molar-refractivity contribution is -0.117. The second-order valence-corrected chi connectivity index (χ2v) is 4.29. The number of nitrogens with one attached hydrogen (secondary N) is 1. The largest absolute Gasteiger partial charge is 0.497 e. The van der Waals surface area contributed by atoms with Crippen LogP contribution in [-0.4, -0.2) is 19.1 Å². The van der Waals surface area contributed by atoms with Gasteiger partial charge in [-0.3, -0.25) is 4.79 Å². The number of hydrogen-bond acceptors (Lipinski definition) is 3. The van der Waals surface area contributed by atoms with Gasteiger partial charge in [0, 0.05) is 9.64 Å². The lowest BCUT2D eigenvalue weighted by atomic mass is 10.2. The molecule has 1 atom stereocenters. The molecule has 0 spiro atoms. The molecule has 16 heavy (non-hydrogen) atoms. The summed E-state index contributed by atoms with van der Waals surface area (Å²) in [5.41, 5.74) is 6.18. The highest BCUT2D eigenvalue weighted by atomic mass is 127. The van der Waals surface area contributed by atoms with Crippen LogP contribution < -0.4 is 15.8 Å². The molecule has 0 saturated heterocycles. The van der Waals surface area contributed by atoms with Crippen LogP contribution in [-0.2, 0) is 4.79 Å². The minimum absolute atomic E-state index is 0. The molecule has 1 rings (SSSR count). The van der Waals surface area contributed by atoms with Gasteiger partial charge in [-0.05, 0) is 41.6 Å². The predicted molar refractivity (Wildman–Crippen MR) is 75.2 cm³/mol. The lowest BCUT2D eigenvalue weighted by Crippen LogP contribution is -2.32. The van der Waals surface area contributed by atoms with Crippen molar-refractivity contribution >= 4 is 46.6 Å². The van der Waals surface area contributed by atoms with E-state index in [1.165, 1.54) is 0 Å². The number of carbonyl (C=O) groups excluding carboxylic acids is 1. The standard InChI is InChI=1S/C10H13IN2O2.ClH/c1-6(12)10(14)13-9-5-7(15-2)3-4-8(9)11;/h3-6H,12H2,1-2H3,(H,13,14);1H/t6-;/m1./s1. The van der Waals surface area contributed by atoms with Gasteiger partial charge in [-0.1, -0.05) is 0 Å². The summed E-state index contributed by atoms with van der Waals surface area (Å²) in [6, 6.07) is 4.95. The fraction of sp³-hybridized carbons (Fsp3) is 0.300. The highest BCUT2D eigenvalue weighted by molar-refractivity contribution is 14.1. The smallest absolute Gasteiger partial charge is 0.241 e. The maximum absolute atomic E-state index is 11.4. The highest BCUT2D eigenvalue weighted by Crippen LogP contribution is 2.23. The zero-order valence-electron chi connectivity index (χ0n) is 8.99. The number of methoxy groups -OCH3 is 1. The number of anilines is 1. The Morgan fingerprint density at radius 3 is 2.69 bits per heavy atom. The summed E-state index contributed by atoms with van der Waals surface area (Å²) >= 11 is 2.14. The first-order valence-corrected chi connectivity index (χ1v) is 5.52. The summed E-state index contributed by atoms with van der Waals surface area (Å²) in [5.74, 6) is 0.497. The molecule has 0 heterocycles. The van der Waals surface area contributed by atoms with Gasteiger partial charge in [-0.15, -0.1) is 12.4 Å². The Bertz CT molecular complexity index is 372. The number of rotatable bonds is 3. The number of hydrogen-bond donors (Lipinski definition) is 2. The average molecular weight is 357 g/mol. The molecule has 0 saturated carbocycles. The van der Waals surface area contributed by atoms with Crippen molar-refractivity contribution in [3.05, 3.63) is 21.8 Å². The second-order valence-electron chi connectivity index (χ2n) is 3.12.